The fourth-order valence-electron chi connectivity index (χ4n) is 2.99. The summed E-state index contributed by atoms with van der Waals surface area (Å²) in [7, 11) is 0. The second-order valence-corrected chi connectivity index (χ2v) is 7.09. The summed E-state index contributed by atoms with van der Waals surface area (Å²) in [6.45, 7) is 10.0. The van der Waals surface area contributed by atoms with E-state index in [0.29, 0.717) is 19.7 Å². The summed E-state index contributed by atoms with van der Waals surface area (Å²) < 4.78 is 11.3. The molecular formula is C16H24N4O3. The van der Waals surface area contributed by atoms with Crippen LogP contribution in [0.25, 0.3) is 0 Å². The number of carbonyl (C=O) groups excluding carboxylic acids is 1. The minimum Gasteiger partial charge on any atom is -0.444 e. The predicted molar refractivity (Wildman–Crippen MR) is 85.5 cm³/mol. The van der Waals surface area contributed by atoms with Crippen molar-refractivity contribution in [3.63, 3.8) is 0 Å². The highest BCUT2D eigenvalue weighted by molar-refractivity contribution is 5.69. The van der Waals surface area contributed by atoms with E-state index in [9.17, 15) is 4.79 Å². The van der Waals surface area contributed by atoms with E-state index >= 15 is 0 Å². The summed E-state index contributed by atoms with van der Waals surface area (Å²) in [5.74, 6) is 0.833. The Morgan fingerprint density at radius 1 is 1.30 bits per heavy atom. The van der Waals surface area contributed by atoms with Crippen LogP contribution in [0.5, 0.6) is 0 Å². The molecule has 0 spiro atoms. The van der Waals surface area contributed by atoms with Gasteiger partial charge in [-0.05, 0) is 39.8 Å². The highest BCUT2D eigenvalue weighted by Crippen LogP contribution is 2.27. The lowest BCUT2D eigenvalue weighted by Gasteiger charge is -2.37. The molecule has 3 heterocycles. The maximum Gasteiger partial charge on any atom is 0.410 e. The zero-order valence-electron chi connectivity index (χ0n) is 14.2. The zero-order valence-corrected chi connectivity index (χ0v) is 14.2. The van der Waals surface area contributed by atoms with E-state index in [1.807, 2.05) is 39.8 Å². The van der Waals surface area contributed by atoms with Gasteiger partial charge in [0.1, 0.15) is 5.60 Å². The Kier molecular flexibility index (Phi) is 4.14. The number of likely N-dealkylation sites (tertiary alicyclic amines) is 1. The molecular weight excluding hydrogens is 296 g/mol. The van der Waals surface area contributed by atoms with Gasteiger partial charge in [0.15, 0.2) is 5.82 Å². The van der Waals surface area contributed by atoms with Crippen LogP contribution in [0.1, 0.15) is 26.5 Å². The van der Waals surface area contributed by atoms with Crippen molar-refractivity contribution in [2.24, 2.45) is 0 Å². The molecule has 0 N–H and O–H groups in total. The van der Waals surface area contributed by atoms with Crippen molar-refractivity contribution in [2.75, 3.05) is 31.1 Å². The van der Waals surface area contributed by atoms with Crippen molar-refractivity contribution in [1.29, 1.82) is 0 Å². The molecule has 1 amide bonds. The van der Waals surface area contributed by atoms with Crippen molar-refractivity contribution < 1.29 is 14.3 Å². The third-order valence-corrected chi connectivity index (χ3v) is 4.03. The molecule has 0 aromatic carbocycles. The number of carbonyl (C=O) groups is 1. The Balaban J connectivity index is 1.72. The zero-order chi connectivity index (χ0) is 16.6. The minimum absolute atomic E-state index is 0.0145. The smallest absolute Gasteiger partial charge is 0.410 e. The maximum absolute atomic E-state index is 12.3. The molecule has 7 heteroatoms. The maximum atomic E-state index is 12.3. The molecule has 1 aromatic heterocycles. The van der Waals surface area contributed by atoms with Crippen LogP contribution in [0.4, 0.5) is 10.6 Å². The first-order valence-corrected chi connectivity index (χ1v) is 8.00. The monoisotopic (exact) mass is 320 g/mol. The molecule has 23 heavy (non-hydrogen) atoms. The van der Waals surface area contributed by atoms with Gasteiger partial charge in [-0.1, -0.05) is 0 Å². The number of anilines is 1. The van der Waals surface area contributed by atoms with E-state index in [1.54, 1.807) is 4.90 Å². The van der Waals surface area contributed by atoms with E-state index in [2.05, 4.69) is 15.1 Å². The van der Waals surface area contributed by atoms with Crippen LogP contribution in [0, 0.1) is 6.92 Å². The van der Waals surface area contributed by atoms with Crippen molar-refractivity contribution >= 4 is 11.9 Å². The fraction of sp³-hybridized carbons (Fsp3) is 0.688. The molecule has 2 aliphatic heterocycles. The predicted octanol–water partition coefficient (Wildman–Crippen LogP) is 1.61. The molecule has 2 aliphatic rings. The molecule has 0 unspecified atom stereocenters. The number of hydrogen-bond acceptors (Lipinski definition) is 6. The van der Waals surface area contributed by atoms with E-state index < -0.39 is 5.60 Å². The molecule has 0 aliphatic carbocycles. The number of morpholine rings is 1. The summed E-state index contributed by atoms with van der Waals surface area (Å²) in [4.78, 5) is 16.2. The standard InChI is InChI=1S/C16H24N4O3/c1-11-5-6-14(18-17-11)20-7-8-22-13-10-19(9-12(13)20)15(21)23-16(2,3)4/h5-6,12-13H,7-10H2,1-4H3/t12-,13+/m0/s1. The van der Waals surface area contributed by atoms with Crippen LogP contribution in [0.3, 0.4) is 0 Å². The lowest BCUT2D eigenvalue weighted by Crippen LogP contribution is -2.51. The number of rotatable bonds is 1. The largest absolute Gasteiger partial charge is 0.444 e. The summed E-state index contributed by atoms with van der Waals surface area (Å²) in [5, 5.41) is 8.41. The molecule has 126 valence electrons. The average molecular weight is 320 g/mol. The van der Waals surface area contributed by atoms with Crippen molar-refractivity contribution in [3.8, 4) is 0 Å². The lowest BCUT2D eigenvalue weighted by atomic mass is 10.1. The van der Waals surface area contributed by atoms with E-state index in [0.717, 1.165) is 18.1 Å². The molecule has 2 fully saturated rings. The fourth-order valence-corrected chi connectivity index (χ4v) is 2.99. The van der Waals surface area contributed by atoms with E-state index in [1.165, 1.54) is 0 Å². The Labute approximate surface area is 136 Å². The molecule has 2 saturated heterocycles. The summed E-state index contributed by atoms with van der Waals surface area (Å²) in [6.07, 6.45) is -0.301. The Morgan fingerprint density at radius 3 is 2.74 bits per heavy atom. The Hall–Kier alpha value is -1.89. The highest BCUT2D eigenvalue weighted by atomic mass is 16.6. The number of fused-ring (bicyclic) bond motifs is 1. The van der Waals surface area contributed by atoms with Gasteiger partial charge in [0.05, 0.1) is 31.0 Å². The van der Waals surface area contributed by atoms with Crippen LogP contribution in [-0.4, -0.2) is 65.2 Å². The molecule has 0 radical (unpaired) electrons. The topological polar surface area (TPSA) is 67.8 Å². The van der Waals surface area contributed by atoms with Crippen LogP contribution in [-0.2, 0) is 9.47 Å². The summed E-state index contributed by atoms with van der Waals surface area (Å²) >= 11 is 0. The Morgan fingerprint density at radius 2 is 2.09 bits per heavy atom. The van der Waals surface area contributed by atoms with Crippen LogP contribution in [0.2, 0.25) is 0 Å². The van der Waals surface area contributed by atoms with Crippen LogP contribution >= 0.6 is 0 Å². The van der Waals surface area contributed by atoms with Gasteiger partial charge in [0, 0.05) is 13.1 Å². The normalized spacial score (nSPS) is 24.5. The number of amides is 1. The molecule has 2 atom stereocenters. The third kappa shape index (κ3) is 3.55. The highest BCUT2D eigenvalue weighted by Gasteiger charge is 2.43. The van der Waals surface area contributed by atoms with Crippen molar-refractivity contribution in [2.45, 2.75) is 45.4 Å². The molecule has 3 rings (SSSR count). The third-order valence-electron chi connectivity index (χ3n) is 4.03. The Bertz CT molecular complexity index is 570. The molecule has 0 saturated carbocycles. The molecule has 0 bridgehead atoms. The minimum atomic E-state index is -0.492. The first-order valence-electron chi connectivity index (χ1n) is 8.00. The van der Waals surface area contributed by atoms with E-state index in [4.69, 9.17) is 9.47 Å². The second-order valence-electron chi connectivity index (χ2n) is 7.09. The second kappa shape index (κ2) is 5.96. The van der Waals surface area contributed by atoms with Gasteiger partial charge in [0.2, 0.25) is 0 Å². The number of aromatic nitrogens is 2. The quantitative estimate of drug-likeness (QED) is 0.783. The SMILES string of the molecule is Cc1ccc(N2CCO[C@@H]3CN(C(=O)OC(C)(C)C)C[C@@H]32)nn1. The number of ether oxygens (including phenoxy) is 2. The van der Waals surface area contributed by atoms with Crippen molar-refractivity contribution in [1.82, 2.24) is 15.1 Å². The first-order chi connectivity index (χ1) is 10.8. The lowest BCUT2D eigenvalue weighted by molar-refractivity contribution is 0.0162. The number of nitrogens with zero attached hydrogens (tertiary/aromatic N) is 4. The summed E-state index contributed by atoms with van der Waals surface area (Å²) in [5.41, 5.74) is 0.397. The van der Waals surface area contributed by atoms with Crippen molar-refractivity contribution in [3.05, 3.63) is 17.8 Å². The number of aryl methyl sites for hydroxylation is 1. The number of hydrogen-bond donors (Lipinski definition) is 0. The molecule has 7 nitrogen and oxygen atoms in total. The van der Waals surface area contributed by atoms with Crippen LogP contribution in [0.15, 0.2) is 12.1 Å². The van der Waals surface area contributed by atoms with Gasteiger partial charge in [-0.15, -0.1) is 5.10 Å². The van der Waals surface area contributed by atoms with Gasteiger partial charge < -0.3 is 19.3 Å². The van der Waals surface area contributed by atoms with Gasteiger partial charge in [-0.3, -0.25) is 0 Å². The van der Waals surface area contributed by atoms with Gasteiger partial charge in [0.25, 0.3) is 0 Å². The van der Waals surface area contributed by atoms with E-state index in [-0.39, 0.29) is 18.2 Å². The summed E-state index contributed by atoms with van der Waals surface area (Å²) in [6, 6.07) is 4.02. The van der Waals surface area contributed by atoms with Gasteiger partial charge in [-0.25, -0.2) is 4.79 Å². The first kappa shape index (κ1) is 16.0. The average Bonchev–Trinajstić information content (AvgIpc) is 2.90. The molecule has 1 aromatic rings. The van der Waals surface area contributed by atoms with Crippen LogP contribution < -0.4 is 4.90 Å². The van der Waals surface area contributed by atoms with Gasteiger partial charge >= 0.3 is 6.09 Å². The van der Waals surface area contributed by atoms with Gasteiger partial charge in [-0.2, -0.15) is 5.10 Å².